The summed E-state index contributed by atoms with van der Waals surface area (Å²) in [6.07, 6.45) is 10.8. The summed E-state index contributed by atoms with van der Waals surface area (Å²) in [5.41, 5.74) is 3.83. The number of pyridine rings is 2. The molecule has 0 radical (unpaired) electrons. The second-order valence-corrected chi connectivity index (χ2v) is 8.59. The van der Waals surface area contributed by atoms with Gasteiger partial charge < -0.3 is 14.4 Å². The smallest absolute Gasteiger partial charge is 0.273 e. The number of amidine groups is 1. The highest BCUT2D eigenvalue weighted by Crippen LogP contribution is 2.31. The fourth-order valence-corrected chi connectivity index (χ4v) is 4.09. The zero-order chi connectivity index (χ0) is 23.5. The van der Waals surface area contributed by atoms with E-state index in [1.807, 2.05) is 35.3 Å². The molecule has 2 aromatic rings. The molecule has 3 heterocycles. The number of amides is 1. The summed E-state index contributed by atoms with van der Waals surface area (Å²) in [5.74, 6) is 2.62. The molecule has 0 N–H and O–H groups in total. The molecule has 0 unspecified atom stereocenters. The van der Waals surface area contributed by atoms with Gasteiger partial charge in [-0.15, -0.1) is 0 Å². The van der Waals surface area contributed by atoms with E-state index >= 15 is 0 Å². The SMILES string of the molecule is COC1=CC=C2N=C(CCN(CC3CC3)C(=O)c3ncccc3-c3ccc(OC)nc3)N=C2C1. The van der Waals surface area contributed by atoms with Gasteiger partial charge in [-0.2, -0.15) is 0 Å². The summed E-state index contributed by atoms with van der Waals surface area (Å²) in [7, 11) is 3.24. The van der Waals surface area contributed by atoms with Gasteiger partial charge in [0.15, 0.2) is 0 Å². The van der Waals surface area contributed by atoms with Crippen molar-refractivity contribution in [2.45, 2.75) is 25.7 Å². The van der Waals surface area contributed by atoms with Crippen LogP contribution in [0.1, 0.15) is 36.2 Å². The third kappa shape index (κ3) is 4.76. The van der Waals surface area contributed by atoms with Gasteiger partial charge in [0.05, 0.1) is 25.6 Å². The quantitative estimate of drug-likeness (QED) is 0.566. The number of nitrogens with zero attached hydrogens (tertiary/aromatic N) is 5. The Kier molecular flexibility index (Phi) is 6.20. The molecule has 8 heteroatoms. The third-order valence-corrected chi connectivity index (χ3v) is 6.17. The lowest BCUT2D eigenvalue weighted by molar-refractivity contribution is 0.0747. The van der Waals surface area contributed by atoms with E-state index in [1.54, 1.807) is 32.7 Å². The highest BCUT2D eigenvalue weighted by molar-refractivity contribution is 6.14. The summed E-state index contributed by atoms with van der Waals surface area (Å²) in [5, 5.41) is 0. The number of methoxy groups -OCH3 is 2. The second kappa shape index (κ2) is 9.59. The molecule has 34 heavy (non-hydrogen) atoms. The van der Waals surface area contributed by atoms with Gasteiger partial charge in [0.1, 0.15) is 17.3 Å². The molecular weight excluding hydrogens is 430 g/mol. The van der Waals surface area contributed by atoms with Crippen LogP contribution < -0.4 is 4.74 Å². The van der Waals surface area contributed by atoms with Crippen molar-refractivity contribution in [2.24, 2.45) is 15.9 Å². The number of carbonyl (C=O) groups excluding carboxylic acids is 1. The van der Waals surface area contributed by atoms with Crippen molar-refractivity contribution >= 4 is 17.5 Å². The number of ether oxygens (including phenoxy) is 2. The normalized spacial score (nSPS) is 16.6. The Bertz CT molecular complexity index is 1210. The number of fused-ring (bicyclic) bond motifs is 1. The van der Waals surface area contributed by atoms with Crippen LogP contribution in [0.25, 0.3) is 11.1 Å². The monoisotopic (exact) mass is 457 g/mol. The summed E-state index contributed by atoms with van der Waals surface area (Å²) in [4.78, 5) is 33.7. The van der Waals surface area contributed by atoms with Crippen LogP contribution in [0.15, 0.2) is 70.3 Å². The Morgan fingerprint density at radius 1 is 1.09 bits per heavy atom. The lowest BCUT2D eigenvalue weighted by Crippen LogP contribution is -2.35. The first-order valence-corrected chi connectivity index (χ1v) is 11.5. The van der Waals surface area contributed by atoms with Crippen LogP contribution >= 0.6 is 0 Å². The number of hydrogen-bond acceptors (Lipinski definition) is 7. The van der Waals surface area contributed by atoms with Gasteiger partial charge in [0.25, 0.3) is 5.91 Å². The highest BCUT2D eigenvalue weighted by atomic mass is 16.5. The van der Waals surface area contributed by atoms with Crippen molar-refractivity contribution in [3.8, 4) is 17.0 Å². The number of rotatable bonds is 9. The van der Waals surface area contributed by atoms with Crippen molar-refractivity contribution in [1.29, 1.82) is 0 Å². The zero-order valence-corrected chi connectivity index (χ0v) is 19.4. The molecule has 0 spiro atoms. The number of aromatic nitrogens is 2. The molecule has 0 saturated heterocycles. The lowest BCUT2D eigenvalue weighted by Gasteiger charge is -2.23. The molecule has 8 nitrogen and oxygen atoms in total. The molecule has 1 amide bonds. The predicted molar refractivity (Wildman–Crippen MR) is 130 cm³/mol. The van der Waals surface area contributed by atoms with E-state index < -0.39 is 0 Å². The average molecular weight is 458 g/mol. The minimum Gasteiger partial charge on any atom is -0.501 e. The van der Waals surface area contributed by atoms with Crippen molar-refractivity contribution in [1.82, 2.24) is 14.9 Å². The molecule has 0 atom stereocenters. The van der Waals surface area contributed by atoms with E-state index in [1.165, 1.54) is 0 Å². The molecule has 1 aliphatic heterocycles. The van der Waals surface area contributed by atoms with Gasteiger partial charge in [0.2, 0.25) is 5.88 Å². The number of hydrogen-bond donors (Lipinski definition) is 0. The van der Waals surface area contributed by atoms with Gasteiger partial charge in [-0.25, -0.2) is 15.0 Å². The first-order valence-electron chi connectivity index (χ1n) is 11.5. The molecule has 2 aromatic heterocycles. The third-order valence-electron chi connectivity index (χ3n) is 6.17. The van der Waals surface area contributed by atoms with Crippen LogP contribution in [-0.2, 0) is 4.74 Å². The topological polar surface area (TPSA) is 89.3 Å². The Morgan fingerprint density at radius 2 is 1.97 bits per heavy atom. The van der Waals surface area contributed by atoms with Crippen LogP contribution in [0.4, 0.5) is 0 Å². The summed E-state index contributed by atoms with van der Waals surface area (Å²) in [6.45, 7) is 1.26. The van der Waals surface area contributed by atoms with E-state index in [-0.39, 0.29) is 5.91 Å². The van der Waals surface area contributed by atoms with E-state index in [0.29, 0.717) is 36.9 Å². The van der Waals surface area contributed by atoms with Crippen molar-refractivity contribution in [2.75, 3.05) is 27.3 Å². The van der Waals surface area contributed by atoms with Gasteiger partial charge in [-0.3, -0.25) is 9.78 Å². The zero-order valence-electron chi connectivity index (χ0n) is 19.4. The van der Waals surface area contributed by atoms with Crippen LogP contribution in [-0.4, -0.2) is 59.6 Å². The fraction of sp³-hybridized carbons (Fsp3) is 0.346. The van der Waals surface area contributed by atoms with Gasteiger partial charge >= 0.3 is 0 Å². The lowest BCUT2D eigenvalue weighted by atomic mass is 10.0. The number of allylic oxidation sites excluding steroid dienone is 4. The molecular formula is C26H27N5O3. The van der Waals surface area contributed by atoms with E-state index in [0.717, 1.165) is 53.5 Å². The van der Waals surface area contributed by atoms with Crippen molar-refractivity contribution < 1.29 is 14.3 Å². The minimum absolute atomic E-state index is 0.0791. The van der Waals surface area contributed by atoms with Crippen molar-refractivity contribution in [3.05, 3.63) is 66.0 Å². The Balaban J connectivity index is 1.34. The van der Waals surface area contributed by atoms with Crippen LogP contribution in [0, 0.1) is 5.92 Å². The Hall–Kier alpha value is -3.81. The fourth-order valence-electron chi connectivity index (χ4n) is 4.09. The molecule has 1 fully saturated rings. The number of carbonyl (C=O) groups is 1. The van der Waals surface area contributed by atoms with E-state index in [2.05, 4.69) is 15.0 Å². The molecule has 1 saturated carbocycles. The first kappa shape index (κ1) is 22.0. The van der Waals surface area contributed by atoms with Gasteiger partial charge in [-0.05, 0) is 43.0 Å². The molecule has 174 valence electrons. The van der Waals surface area contributed by atoms with Crippen LogP contribution in [0.2, 0.25) is 0 Å². The number of aliphatic imine (C=N–C) groups is 2. The summed E-state index contributed by atoms with van der Waals surface area (Å²) in [6, 6.07) is 7.42. The highest BCUT2D eigenvalue weighted by Gasteiger charge is 2.30. The van der Waals surface area contributed by atoms with Gasteiger partial charge in [0, 0.05) is 55.5 Å². The largest absolute Gasteiger partial charge is 0.501 e. The summed E-state index contributed by atoms with van der Waals surface area (Å²) < 4.78 is 10.5. The maximum atomic E-state index is 13.7. The Morgan fingerprint density at radius 3 is 2.71 bits per heavy atom. The van der Waals surface area contributed by atoms with E-state index in [9.17, 15) is 4.79 Å². The molecule has 0 aromatic carbocycles. The first-order chi connectivity index (χ1) is 16.6. The minimum atomic E-state index is -0.0791. The average Bonchev–Trinajstić information content (AvgIpc) is 3.62. The molecule has 5 rings (SSSR count). The van der Waals surface area contributed by atoms with E-state index in [4.69, 9.17) is 14.5 Å². The predicted octanol–water partition coefficient (Wildman–Crippen LogP) is 4.07. The standard InChI is InChI=1S/C26H27N5O3/c1-33-19-8-9-21-22(14-19)30-23(29-21)11-13-31(16-17-5-6-17)26(32)25-20(4-3-12-27-25)18-7-10-24(34-2)28-15-18/h3-4,7-10,12,15,17H,5-6,11,13-14,16H2,1-2H3. The summed E-state index contributed by atoms with van der Waals surface area (Å²) >= 11 is 0. The maximum Gasteiger partial charge on any atom is 0.273 e. The van der Waals surface area contributed by atoms with Crippen LogP contribution in [0.5, 0.6) is 5.88 Å². The van der Waals surface area contributed by atoms with Crippen molar-refractivity contribution in [3.63, 3.8) is 0 Å². The molecule has 0 bridgehead atoms. The second-order valence-electron chi connectivity index (χ2n) is 8.59. The molecule has 2 aliphatic carbocycles. The Labute approximate surface area is 198 Å². The van der Waals surface area contributed by atoms with Gasteiger partial charge in [-0.1, -0.05) is 6.07 Å². The van der Waals surface area contributed by atoms with Crippen LogP contribution in [0.3, 0.4) is 0 Å². The maximum absolute atomic E-state index is 13.7. The molecule has 3 aliphatic rings.